The van der Waals surface area contributed by atoms with Crippen LogP contribution in [-0.4, -0.2) is 28.8 Å². The molecule has 2 amide bonds. The molecular formula is C24H29ClN2O2. The van der Waals surface area contributed by atoms with Crippen LogP contribution in [0.5, 0.6) is 0 Å². The van der Waals surface area contributed by atoms with Crippen molar-refractivity contribution in [1.29, 1.82) is 0 Å². The zero-order valence-electron chi connectivity index (χ0n) is 16.9. The third-order valence-corrected chi connectivity index (χ3v) is 5.80. The molecular weight excluding hydrogens is 384 g/mol. The van der Waals surface area contributed by atoms with E-state index in [1.54, 1.807) is 17.0 Å². The number of hydrogen-bond donors (Lipinski definition) is 1. The van der Waals surface area contributed by atoms with Crippen molar-refractivity contribution in [2.24, 2.45) is 0 Å². The van der Waals surface area contributed by atoms with E-state index in [0.717, 1.165) is 36.8 Å². The average Bonchev–Trinajstić information content (AvgIpc) is 3.23. The lowest BCUT2D eigenvalue weighted by Gasteiger charge is -2.31. The van der Waals surface area contributed by atoms with Gasteiger partial charge in [-0.25, -0.2) is 0 Å². The number of amides is 2. The summed E-state index contributed by atoms with van der Waals surface area (Å²) >= 11 is 5.97. The highest BCUT2D eigenvalue weighted by Crippen LogP contribution is 2.20. The van der Waals surface area contributed by atoms with Gasteiger partial charge in [-0.15, -0.1) is 0 Å². The van der Waals surface area contributed by atoms with Gasteiger partial charge in [-0.3, -0.25) is 9.59 Å². The van der Waals surface area contributed by atoms with Crippen LogP contribution in [0.1, 0.15) is 50.2 Å². The zero-order valence-corrected chi connectivity index (χ0v) is 17.7. The molecule has 0 unspecified atom stereocenters. The first-order valence-corrected chi connectivity index (χ1v) is 10.8. The lowest BCUT2D eigenvalue weighted by molar-refractivity contribution is -0.141. The van der Waals surface area contributed by atoms with Gasteiger partial charge in [0.05, 0.1) is 6.42 Å². The Bertz CT molecular complexity index is 801. The Labute approximate surface area is 178 Å². The van der Waals surface area contributed by atoms with Gasteiger partial charge in [-0.1, -0.05) is 73.8 Å². The Morgan fingerprint density at radius 3 is 2.31 bits per heavy atom. The Balaban J connectivity index is 1.78. The number of hydrogen-bond acceptors (Lipinski definition) is 2. The lowest BCUT2D eigenvalue weighted by Crippen LogP contribution is -2.51. The van der Waals surface area contributed by atoms with Gasteiger partial charge >= 0.3 is 0 Å². The molecule has 0 aromatic heterocycles. The van der Waals surface area contributed by atoms with Crippen LogP contribution in [0, 0.1) is 0 Å². The molecule has 154 valence electrons. The van der Waals surface area contributed by atoms with E-state index >= 15 is 0 Å². The standard InChI is InChI=1S/C24H29ClN2O2/c1-2-22(24(29)26-21-10-6-7-11-21)27(17-19-8-4-3-5-9-19)23(28)16-18-12-14-20(25)15-13-18/h3-5,8-9,12-15,21-22H,2,6-7,10-11,16-17H2,1H3,(H,26,29)/t22-/m0/s1. The van der Waals surface area contributed by atoms with Crippen molar-refractivity contribution < 1.29 is 9.59 Å². The highest BCUT2D eigenvalue weighted by atomic mass is 35.5. The van der Waals surface area contributed by atoms with Gasteiger partial charge in [0.2, 0.25) is 11.8 Å². The van der Waals surface area contributed by atoms with Crippen LogP contribution >= 0.6 is 11.6 Å². The van der Waals surface area contributed by atoms with E-state index in [0.29, 0.717) is 18.0 Å². The molecule has 3 rings (SSSR count). The lowest BCUT2D eigenvalue weighted by atomic mass is 10.1. The van der Waals surface area contributed by atoms with Crippen LogP contribution < -0.4 is 5.32 Å². The molecule has 0 radical (unpaired) electrons. The molecule has 1 atom stereocenters. The molecule has 1 fully saturated rings. The summed E-state index contributed by atoms with van der Waals surface area (Å²) in [5, 5.41) is 3.82. The number of nitrogens with one attached hydrogen (secondary N) is 1. The van der Waals surface area contributed by atoms with E-state index < -0.39 is 6.04 Å². The molecule has 0 spiro atoms. The van der Waals surface area contributed by atoms with Gasteiger partial charge in [0.15, 0.2) is 0 Å². The zero-order chi connectivity index (χ0) is 20.6. The molecule has 0 saturated heterocycles. The molecule has 5 heteroatoms. The van der Waals surface area contributed by atoms with E-state index in [4.69, 9.17) is 11.6 Å². The van der Waals surface area contributed by atoms with E-state index in [9.17, 15) is 9.59 Å². The first kappa shape index (κ1) is 21.4. The van der Waals surface area contributed by atoms with Gasteiger partial charge in [-0.2, -0.15) is 0 Å². The summed E-state index contributed by atoms with van der Waals surface area (Å²) < 4.78 is 0. The van der Waals surface area contributed by atoms with Gasteiger partial charge < -0.3 is 10.2 Å². The van der Waals surface area contributed by atoms with Gasteiger partial charge in [-0.05, 0) is 42.5 Å². The first-order valence-electron chi connectivity index (χ1n) is 10.4. The van der Waals surface area contributed by atoms with E-state index in [1.807, 2.05) is 49.4 Å². The summed E-state index contributed by atoms with van der Waals surface area (Å²) in [7, 11) is 0. The van der Waals surface area contributed by atoms with Crippen molar-refractivity contribution in [2.45, 2.75) is 64.1 Å². The Hall–Kier alpha value is -2.33. The van der Waals surface area contributed by atoms with Gasteiger partial charge in [0.25, 0.3) is 0 Å². The molecule has 0 aliphatic heterocycles. The summed E-state index contributed by atoms with van der Waals surface area (Å²) in [6.07, 6.45) is 5.20. The molecule has 4 nitrogen and oxygen atoms in total. The Morgan fingerprint density at radius 1 is 1.03 bits per heavy atom. The van der Waals surface area contributed by atoms with Crippen molar-refractivity contribution in [3.63, 3.8) is 0 Å². The minimum atomic E-state index is -0.476. The predicted octanol–water partition coefficient (Wildman–Crippen LogP) is 4.75. The van der Waals surface area contributed by atoms with Crippen molar-refractivity contribution in [2.75, 3.05) is 0 Å². The maximum absolute atomic E-state index is 13.3. The van der Waals surface area contributed by atoms with Crippen molar-refractivity contribution in [1.82, 2.24) is 10.2 Å². The average molecular weight is 413 g/mol. The Morgan fingerprint density at radius 2 is 1.69 bits per heavy atom. The first-order chi connectivity index (χ1) is 14.1. The number of rotatable bonds is 8. The normalized spacial score (nSPS) is 15.1. The highest BCUT2D eigenvalue weighted by molar-refractivity contribution is 6.30. The quantitative estimate of drug-likeness (QED) is 0.680. The number of nitrogens with zero attached hydrogens (tertiary/aromatic N) is 1. The second kappa shape index (κ2) is 10.4. The van der Waals surface area contributed by atoms with Crippen LogP contribution in [0.4, 0.5) is 0 Å². The van der Waals surface area contributed by atoms with Crippen molar-refractivity contribution >= 4 is 23.4 Å². The molecule has 1 N–H and O–H groups in total. The third kappa shape index (κ3) is 6.07. The predicted molar refractivity (Wildman–Crippen MR) is 117 cm³/mol. The molecule has 0 heterocycles. The smallest absolute Gasteiger partial charge is 0.243 e. The maximum atomic E-state index is 13.3. The van der Waals surface area contributed by atoms with Crippen LogP contribution in [0.3, 0.4) is 0 Å². The van der Waals surface area contributed by atoms with Crippen LogP contribution in [-0.2, 0) is 22.6 Å². The summed E-state index contributed by atoms with van der Waals surface area (Å²) in [5.74, 6) is -0.0932. The number of halogens is 1. The maximum Gasteiger partial charge on any atom is 0.243 e. The molecule has 1 aliphatic carbocycles. The fourth-order valence-electron chi connectivity index (χ4n) is 3.95. The fraction of sp³-hybridized carbons (Fsp3) is 0.417. The molecule has 29 heavy (non-hydrogen) atoms. The Kier molecular flexibility index (Phi) is 7.70. The monoisotopic (exact) mass is 412 g/mol. The number of benzene rings is 2. The minimum Gasteiger partial charge on any atom is -0.352 e. The van der Waals surface area contributed by atoms with E-state index in [-0.39, 0.29) is 24.3 Å². The van der Waals surface area contributed by atoms with Gasteiger partial charge in [0, 0.05) is 17.6 Å². The molecule has 1 saturated carbocycles. The number of carbonyl (C=O) groups excluding carboxylic acids is 2. The van der Waals surface area contributed by atoms with Crippen LogP contribution in [0.15, 0.2) is 54.6 Å². The molecule has 2 aromatic rings. The van der Waals surface area contributed by atoms with Crippen LogP contribution in [0.2, 0.25) is 5.02 Å². The van der Waals surface area contributed by atoms with Gasteiger partial charge in [0.1, 0.15) is 6.04 Å². The summed E-state index contributed by atoms with van der Waals surface area (Å²) in [6, 6.07) is 16.9. The minimum absolute atomic E-state index is 0.0419. The topological polar surface area (TPSA) is 49.4 Å². The fourth-order valence-corrected chi connectivity index (χ4v) is 4.07. The third-order valence-electron chi connectivity index (χ3n) is 5.55. The second-order valence-electron chi connectivity index (χ2n) is 7.72. The molecule has 1 aliphatic rings. The van der Waals surface area contributed by atoms with Crippen molar-refractivity contribution in [3.05, 3.63) is 70.7 Å². The van der Waals surface area contributed by atoms with Crippen molar-refractivity contribution in [3.8, 4) is 0 Å². The largest absolute Gasteiger partial charge is 0.352 e. The summed E-state index contributed by atoms with van der Waals surface area (Å²) in [4.78, 5) is 28.0. The molecule has 0 bridgehead atoms. The number of carbonyl (C=O) groups is 2. The summed E-state index contributed by atoms with van der Waals surface area (Å²) in [5.41, 5.74) is 1.91. The van der Waals surface area contributed by atoms with E-state index in [1.165, 1.54) is 0 Å². The van der Waals surface area contributed by atoms with E-state index in [2.05, 4.69) is 5.32 Å². The van der Waals surface area contributed by atoms with Crippen LogP contribution in [0.25, 0.3) is 0 Å². The molecule has 2 aromatic carbocycles. The SMILES string of the molecule is CC[C@@H](C(=O)NC1CCCC1)N(Cc1ccccc1)C(=O)Cc1ccc(Cl)cc1. The summed E-state index contributed by atoms with van der Waals surface area (Å²) in [6.45, 7) is 2.39. The highest BCUT2D eigenvalue weighted by Gasteiger charge is 2.30. The second-order valence-corrected chi connectivity index (χ2v) is 8.16.